The first-order chi connectivity index (χ1) is 13.1. The average Bonchev–Trinajstić information content (AvgIpc) is 2.68. The molecule has 1 aromatic heterocycles. The predicted octanol–water partition coefficient (Wildman–Crippen LogP) is 3.44. The number of anilines is 2. The zero-order valence-electron chi connectivity index (χ0n) is 14.6. The Morgan fingerprint density at radius 3 is 2.70 bits per heavy atom. The van der Waals surface area contributed by atoms with Crippen LogP contribution >= 0.6 is 23.4 Å². The highest BCUT2D eigenvalue weighted by Crippen LogP contribution is 2.26. The predicted molar refractivity (Wildman–Crippen MR) is 108 cm³/mol. The number of hydrogen-bond donors (Lipinski definition) is 2. The van der Waals surface area contributed by atoms with Crippen molar-refractivity contribution in [2.75, 3.05) is 17.8 Å². The number of nitrogens with zero attached hydrogens (tertiary/aromatic N) is 3. The molecular weight excluding hydrogens is 386 g/mol. The van der Waals surface area contributed by atoms with Crippen LogP contribution in [0.15, 0.2) is 58.5 Å². The summed E-state index contributed by atoms with van der Waals surface area (Å²) in [5.41, 5.74) is 1.05. The SMILES string of the molecule is CCOc1ccccc1Nc1nnc(SCc2ccccc2Cl)n(N)c1=O. The Morgan fingerprint density at radius 2 is 1.93 bits per heavy atom. The quantitative estimate of drug-likeness (QED) is 0.460. The van der Waals surface area contributed by atoms with Crippen LogP contribution in [0.1, 0.15) is 12.5 Å². The molecule has 0 bridgehead atoms. The summed E-state index contributed by atoms with van der Waals surface area (Å²) in [4.78, 5) is 12.5. The van der Waals surface area contributed by atoms with Gasteiger partial charge in [-0.2, -0.15) is 4.68 Å². The van der Waals surface area contributed by atoms with Gasteiger partial charge in [0.1, 0.15) is 5.75 Å². The van der Waals surface area contributed by atoms with Crippen LogP contribution in [0.4, 0.5) is 11.5 Å². The summed E-state index contributed by atoms with van der Waals surface area (Å²) in [6.07, 6.45) is 0. The first-order valence-electron chi connectivity index (χ1n) is 8.20. The molecule has 3 N–H and O–H groups in total. The van der Waals surface area contributed by atoms with Gasteiger partial charge in [-0.05, 0) is 30.7 Å². The summed E-state index contributed by atoms with van der Waals surface area (Å²) in [7, 11) is 0. The average molecular weight is 404 g/mol. The third kappa shape index (κ3) is 4.53. The van der Waals surface area contributed by atoms with Gasteiger partial charge < -0.3 is 15.9 Å². The van der Waals surface area contributed by atoms with Gasteiger partial charge in [-0.1, -0.05) is 53.7 Å². The van der Waals surface area contributed by atoms with Crippen LogP contribution in [-0.2, 0) is 5.75 Å². The van der Waals surface area contributed by atoms with Crippen LogP contribution < -0.4 is 21.5 Å². The Kier molecular flexibility index (Phi) is 6.20. The van der Waals surface area contributed by atoms with Gasteiger partial charge >= 0.3 is 5.56 Å². The number of halogens is 1. The lowest BCUT2D eigenvalue weighted by atomic mass is 10.2. The molecule has 0 aliphatic carbocycles. The molecule has 1 heterocycles. The Labute approximate surface area is 165 Å². The van der Waals surface area contributed by atoms with Crippen LogP contribution in [-0.4, -0.2) is 21.5 Å². The lowest BCUT2D eigenvalue weighted by molar-refractivity contribution is 0.342. The van der Waals surface area contributed by atoms with E-state index in [4.69, 9.17) is 22.2 Å². The first-order valence-corrected chi connectivity index (χ1v) is 9.56. The smallest absolute Gasteiger partial charge is 0.315 e. The largest absolute Gasteiger partial charge is 0.492 e. The van der Waals surface area contributed by atoms with Gasteiger partial charge in [-0.15, -0.1) is 10.2 Å². The molecular formula is C18H18ClN5O2S. The van der Waals surface area contributed by atoms with Crippen molar-refractivity contribution in [3.8, 4) is 5.75 Å². The highest BCUT2D eigenvalue weighted by Gasteiger charge is 2.13. The van der Waals surface area contributed by atoms with Crippen LogP contribution in [0, 0.1) is 0 Å². The Balaban J connectivity index is 1.79. The Morgan fingerprint density at radius 1 is 1.19 bits per heavy atom. The molecule has 0 saturated heterocycles. The molecule has 0 radical (unpaired) electrons. The lowest BCUT2D eigenvalue weighted by Gasteiger charge is -2.12. The van der Waals surface area contributed by atoms with Gasteiger partial charge in [0.05, 0.1) is 12.3 Å². The van der Waals surface area contributed by atoms with E-state index in [1.807, 2.05) is 43.3 Å². The minimum atomic E-state index is -0.488. The second-order valence-corrected chi connectivity index (χ2v) is 6.79. The third-order valence-corrected chi connectivity index (χ3v) is 4.98. The summed E-state index contributed by atoms with van der Waals surface area (Å²) < 4.78 is 6.51. The van der Waals surface area contributed by atoms with Crippen molar-refractivity contribution in [2.45, 2.75) is 17.8 Å². The number of benzene rings is 2. The standard InChI is InChI=1S/C18H18ClN5O2S/c1-2-26-15-10-6-5-9-14(15)21-16-17(25)24(20)18(23-22-16)27-11-12-7-3-4-8-13(12)19/h3-10H,2,11,20H2,1H3,(H,21,22). The fourth-order valence-electron chi connectivity index (χ4n) is 2.30. The van der Waals surface area contributed by atoms with Crippen LogP contribution in [0.5, 0.6) is 5.75 Å². The number of hydrogen-bond acceptors (Lipinski definition) is 7. The molecule has 0 saturated carbocycles. The molecule has 140 valence electrons. The second kappa shape index (κ2) is 8.79. The Bertz CT molecular complexity index is 995. The summed E-state index contributed by atoms with van der Waals surface area (Å²) in [6, 6.07) is 14.7. The highest BCUT2D eigenvalue weighted by atomic mass is 35.5. The molecule has 0 aliphatic rings. The summed E-state index contributed by atoms with van der Waals surface area (Å²) in [5, 5.41) is 11.9. The van der Waals surface area contributed by atoms with E-state index in [9.17, 15) is 4.79 Å². The van der Waals surface area contributed by atoms with Crippen molar-refractivity contribution in [2.24, 2.45) is 0 Å². The Hall–Kier alpha value is -2.71. The highest BCUT2D eigenvalue weighted by molar-refractivity contribution is 7.98. The van der Waals surface area contributed by atoms with Gasteiger partial charge in [-0.3, -0.25) is 4.79 Å². The minimum absolute atomic E-state index is 0.0201. The topological polar surface area (TPSA) is 95.1 Å². The number of ether oxygens (including phenoxy) is 1. The second-order valence-electron chi connectivity index (χ2n) is 5.44. The maximum Gasteiger partial charge on any atom is 0.315 e. The van der Waals surface area contributed by atoms with Crippen molar-refractivity contribution in [1.82, 2.24) is 14.9 Å². The van der Waals surface area contributed by atoms with Crippen molar-refractivity contribution >= 4 is 34.9 Å². The van der Waals surface area contributed by atoms with Gasteiger partial charge in [0.15, 0.2) is 0 Å². The minimum Gasteiger partial charge on any atom is -0.492 e. The van der Waals surface area contributed by atoms with Crippen LogP contribution in [0.3, 0.4) is 0 Å². The fourth-order valence-corrected chi connectivity index (χ4v) is 3.44. The van der Waals surface area contributed by atoms with E-state index in [1.54, 1.807) is 12.1 Å². The molecule has 27 heavy (non-hydrogen) atoms. The van der Waals surface area contributed by atoms with Gasteiger partial charge in [0.25, 0.3) is 0 Å². The number of thioether (sulfide) groups is 1. The summed E-state index contributed by atoms with van der Waals surface area (Å²) in [6.45, 7) is 2.39. The molecule has 2 aromatic carbocycles. The van der Waals surface area contributed by atoms with E-state index in [0.29, 0.717) is 34.0 Å². The van der Waals surface area contributed by atoms with Gasteiger partial charge in [0.2, 0.25) is 11.0 Å². The molecule has 0 spiro atoms. The molecule has 0 aliphatic heterocycles. The zero-order chi connectivity index (χ0) is 19.2. The first kappa shape index (κ1) is 19.1. The van der Waals surface area contributed by atoms with Gasteiger partial charge in [-0.25, -0.2) is 0 Å². The number of rotatable bonds is 7. The number of para-hydroxylation sites is 2. The molecule has 0 amide bonds. The number of nitrogens with two attached hydrogens (primary N) is 1. The molecule has 7 nitrogen and oxygen atoms in total. The molecule has 3 rings (SSSR count). The summed E-state index contributed by atoms with van der Waals surface area (Å²) >= 11 is 7.43. The maximum atomic E-state index is 12.5. The fraction of sp³-hybridized carbons (Fsp3) is 0.167. The van der Waals surface area contributed by atoms with Crippen molar-refractivity contribution in [3.63, 3.8) is 0 Å². The molecule has 0 unspecified atom stereocenters. The van der Waals surface area contributed by atoms with Crippen molar-refractivity contribution in [1.29, 1.82) is 0 Å². The number of nitrogen functional groups attached to an aromatic ring is 1. The van der Waals surface area contributed by atoms with E-state index in [1.165, 1.54) is 11.8 Å². The number of nitrogens with one attached hydrogen (secondary N) is 1. The van der Waals surface area contributed by atoms with E-state index >= 15 is 0 Å². The number of aromatic nitrogens is 3. The molecule has 3 aromatic rings. The van der Waals surface area contributed by atoms with E-state index in [-0.39, 0.29) is 5.82 Å². The zero-order valence-corrected chi connectivity index (χ0v) is 16.1. The molecule has 0 atom stereocenters. The van der Waals surface area contributed by atoms with E-state index in [2.05, 4.69) is 15.5 Å². The summed E-state index contributed by atoms with van der Waals surface area (Å²) in [5.74, 6) is 7.06. The maximum absolute atomic E-state index is 12.5. The molecule has 9 heteroatoms. The van der Waals surface area contributed by atoms with E-state index < -0.39 is 5.56 Å². The van der Waals surface area contributed by atoms with Crippen LogP contribution in [0.25, 0.3) is 0 Å². The lowest BCUT2D eigenvalue weighted by Crippen LogP contribution is -2.32. The van der Waals surface area contributed by atoms with Gasteiger partial charge in [0, 0.05) is 10.8 Å². The third-order valence-electron chi connectivity index (χ3n) is 3.62. The van der Waals surface area contributed by atoms with Crippen LogP contribution in [0.2, 0.25) is 5.02 Å². The van der Waals surface area contributed by atoms with Crippen molar-refractivity contribution in [3.05, 3.63) is 69.5 Å². The molecule has 0 fully saturated rings. The monoisotopic (exact) mass is 403 g/mol. The normalized spacial score (nSPS) is 10.6. The van der Waals surface area contributed by atoms with Crippen molar-refractivity contribution < 1.29 is 4.74 Å². The van der Waals surface area contributed by atoms with E-state index in [0.717, 1.165) is 10.2 Å².